The van der Waals surface area contributed by atoms with Crippen molar-refractivity contribution in [3.8, 4) is 22.5 Å². The molecule has 0 fully saturated rings. The zero-order chi connectivity index (χ0) is 19.9. The summed E-state index contributed by atoms with van der Waals surface area (Å²) in [6, 6.07) is 13.2. The van der Waals surface area contributed by atoms with Gasteiger partial charge in [0.25, 0.3) is 5.91 Å². The van der Waals surface area contributed by atoms with Gasteiger partial charge in [-0.2, -0.15) is 5.21 Å². The number of amides is 1. The van der Waals surface area contributed by atoms with E-state index in [0.717, 1.165) is 5.39 Å². The molecule has 2 aromatic carbocycles. The highest BCUT2D eigenvalue weighted by atomic mass is 32.2. The van der Waals surface area contributed by atoms with Gasteiger partial charge >= 0.3 is 0 Å². The fraction of sp³-hybridized carbons (Fsp3) is 0. The maximum Gasteiger partial charge on any atom is 0.267 e. The van der Waals surface area contributed by atoms with Gasteiger partial charge < -0.3 is 5.73 Å². The van der Waals surface area contributed by atoms with Gasteiger partial charge in [0.1, 0.15) is 5.69 Å². The number of aromatic amines is 1. The second kappa shape index (κ2) is 6.48. The van der Waals surface area contributed by atoms with E-state index < -0.39 is 15.9 Å². The fourth-order valence-corrected chi connectivity index (χ4v) is 3.69. The fourth-order valence-electron chi connectivity index (χ4n) is 2.94. The molecule has 0 spiro atoms. The van der Waals surface area contributed by atoms with E-state index >= 15 is 0 Å². The summed E-state index contributed by atoms with van der Waals surface area (Å²) < 4.78 is 24.2. The minimum absolute atomic E-state index is 0.0990. The van der Waals surface area contributed by atoms with E-state index in [1.54, 1.807) is 36.4 Å². The van der Waals surface area contributed by atoms with Gasteiger partial charge in [-0.3, -0.25) is 4.79 Å². The number of tetrazole rings is 1. The van der Waals surface area contributed by atoms with Crippen molar-refractivity contribution in [2.24, 2.45) is 10.9 Å². The van der Waals surface area contributed by atoms with Crippen molar-refractivity contribution < 1.29 is 13.2 Å². The Morgan fingerprint density at radius 3 is 2.57 bits per heavy atom. The van der Waals surface area contributed by atoms with Crippen LogP contribution >= 0.6 is 0 Å². The highest BCUT2D eigenvalue weighted by molar-refractivity contribution is 7.89. The van der Waals surface area contributed by atoms with Gasteiger partial charge in [-0.25, -0.2) is 18.5 Å². The third kappa shape index (κ3) is 3.08. The molecule has 140 valence electrons. The number of nitrogens with zero attached hydrogens (tertiary/aromatic N) is 4. The number of rotatable bonds is 4. The first kappa shape index (κ1) is 17.7. The summed E-state index contributed by atoms with van der Waals surface area (Å²) in [7, 11) is -4.03. The van der Waals surface area contributed by atoms with Crippen molar-refractivity contribution in [3.63, 3.8) is 0 Å². The zero-order valence-corrected chi connectivity index (χ0v) is 15.0. The molecule has 10 nitrogen and oxygen atoms in total. The Balaban J connectivity index is 1.97. The first-order valence-electron chi connectivity index (χ1n) is 7.95. The van der Waals surface area contributed by atoms with Gasteiger partial charge in [-0.15, -0.1) is 10.2 Å². The molecule has 0 aliphatic rings. The van der Waals surface area contributed by atoms with Gasteiger partial charge in [0.05, 0.1) is 16.0 Å². The number of fused-ring (bicyclic) bond motifs is 1. The van der Waals surface area contributed by atoms with Crippen LogP contribution in [-0.4, -0.2) is 39.9 Å². The average Bonchev–Trinajstić information content (AvgIpc) is 3.20. The van der Waals surface area contributed by atoms with Gasteiger partial charge in [-0.05, 0) is 40.6 Å². The monoisotopic (exact) mass is 395 g/mol. The molecule has 0 unspecified atom stereocenters. The summed E-state index contributed by atoms with van der Waals surface area (Å²) in [5, 5.41) is 19.8. The quantitative estimate of drug-likeness (QED) is 0.459. The van der Waals surface area contributed by atoms with Gasteiger partial charge in [0.2, 0.25) is 15.8 Å². The number of hydrogen-bond acceptors (Lipinski definition) is 7. The third-order valence-corrected chi connectivity index (χ3v) is 5.11. The molecule has 2 heterocycles. The number of primary sulfonamides is 1. The van der Waals surface area contributed by atoms with Gasteiger partial charge in [0.15, 0.2) is 0 Å². The predicted octanol–water partition coefficient (Wildman–Crippen LogP) is 0.828. The third-order valence-electron chi connectivity index (χ3n) is 4.15. The van der Waals surface area contributed by atoms with Crippen LogP contribution in [0.15, 0.2) is 53.4 Å². The summed E-state index contributed by atoms with van der Waals surface area (Å²) >= 11 is 0. The second-order valence-electron chi connectivity index (χ2n) is 5.93. The Morgan fingerprint density at radius 1 is 1.07 bits per heavy atom. The SMILES string of the molecule is NC(=O)c1ccc2cc(-c3cccc(S(N)(=O)=O)c3-c3nn[nH]n3)ccc2n1. The lowest BCUT2D eigenvalue weighted by atomic mass is 9.97. The Morgan fingerprint density at radius 2 is 1.89 bits per heavy atom. The molecule has 4 aromatic rings. The minimum Gasteiger partial charge on any atom is -0.364 e. The number of carbonyl (C=O) groups is 1. The number of sulfonamides is 1. The molecular weight excluding hydrogens is 382 g/mol. The molecule has 0 aliphatic carbocycles. The molecule has 0 saturated carbocycles. The Hall–Kier alpha value is -3.70. The number of aromatic nitrogens is 5. The van der Waals surface area contributed by atoms with Crippen molar-refractivity contribution in [2.45, 2.75) is 4.90 Å². The molecule has 0 atom stereocenters. The molecule has 0 bridgehead atoms. The molecule has 5 N–H and O–H groups in total. The van der Waals surface area contributed by atoms with Gasteiger partial charge in [-0.1, -0.05) is 24.3 Å². The number of nitrogens with two attached hydrogens (primary N) is 2. The molecule has 0 aliphatic heterocycles. The van der Waals surface area contributed by atoms with Crippen LogP contribution in [0.3, 0.4) is 0 Å². The summed E-state index contributed by atoms with van der Waals surface area (Å²) in [5.74, 6) is -0.520. The lowest BCUT2D eigenvalue weighted by Gasteiger charge is -2.12. The zero-order valence-electron chi connectivity index (χ0n) is 14.2. The van der Waals surface area contributed by atoms with Crippen LogP contribution in [-0.2, 0) is 10.0 Å². The Labute approximate surface area is 158 Å². The van der Waals surface area contributed by atoms with Crippen molar-refractivity contribution >= 4 is 26.8 Å². The van der Waals surface area contributed by atoms with Gasteiger partial charge in [0, 0.05) is 5.39 Å². The molecule has 0 radical (unpaired) electrons. The van der Waals surface area contributed by atoms with E-state index in [9.17, 15) is 13.2 Å². The lowest BCUT2D eigenvalue weighted by molar-refractivity contribution is 0.0996. The molecule has 4 rings (SSSR count). The number of benzene rings is 2. The number of H-pyrrole nitrogens is 1. The number of primary amides is 1. The van der Waals surface area contributed by atoms with E-state index in [0.29, 0.717) is 16.6 Å². The summed E-state index contributed by atoms with van der Waals surface area (Å²) in [6.07, 6.45) is 0. The summed E-state index contributed by atoms with van der Waals surface area (Å²) in [6.45, 7) is 0. The normalized spacial score (nSPS) is 11.6. The largest absolute Gasteiger partial charge is 0.364 e. The van der Waals surface area contributed by atoms with E-state index in [2.05, 4.69) is 25.6 Å². The first-order valence-corrected chi connectivity index (χ1v) is 9.50. The second-order valence-corrected chi connectivity index (χ2v) is 7.46. The maximum atomic E-state index is 12.1. The topological polar surface area (TPSA) is 171 Å². The van der Waals surface area contributed by atoms with Crippen molar-refractivity contribution in [1.82, 2.24) is 25.6 Å². The van der Waals surface area contributed by atoms with E-state index in [1.807, 2.05) is 0 Å². The maximum absolute atomic E-state index is 12.1. The number of hydrogen-bond donors (Lipinski definition) is 3. The van der Waals surface area contributed by atoms with Crippen LogP contribution in [0.1, 0.15) is 10.5 Å². The Kier molecular flexibility index (Phi) is 4.09. The lowest BCUT2D eigenvalue weighted by Crippen LogP contribution is -2.14. The van der Waals surface area contributed by atoms with Crippen LogP contribution in [0.5, 0.6) is 0 Å². The van der Waals surface area contributed by atoms with E-state index in [4.69, 9.17) is 10.9 Å². The average molecular weight is 395 g/mol. The number of carbonyl (C=O) groups excluding carboxylic acids is 1. The highest BCUT2D eigenvalue weighted by Gasteiger charge is 2.22. The summed E-state index contributed by atoms with van der Waals surface area (Å²) in [5.41, 5.74) is 7.47. The van der Waals surface area contributed by atoms with Crippen LogP contribution in [0.2, 0.25) is 0 Å². The van der Waals surface area contributed by atoms with Crippen molar-refractivity contribution in [2.75, 3.05) is 0 Å². The highest BCUT2D eigenvalue weighted by Crippen LogP contribution is 2.35. The van der Waals surface area contributed by atoms with E-state index in [-0.39, 0.29) is 22.0 Å². The first-order chi connectivity index (χ1) is 13.3. The molecule has 2 aromatic heterocycles. The van der Waals surface area contributed by atoms with Crippen molar-refractivity contribution in [1.29, 1.82) is 0 Å². The molecule has 11 heteroatoms. The molecule has 28 heavy (non-hydrogen) atoms. The van der Waals surface area contributed by atoms with Crippen LogP contribution in [0, 0.1) is 0 Å². The minimum atomic E-state index is -4.03. The van der Waals surface area contributed by atoms with E-state index in [1.165, 1.54) is 12.1 Å². The molecule has 0 saturated heterocycles. The predicted molar refractivity (Wildman–Crippen MR) is 100 cm³/mol. The Bertz CT molecular complexity index is 1320. The van der Waals surface area contributed by atoms with Crippen LogP contribution in [0.4, 0.5) is 0 Å². The molecular formula is C17H13N7O3S. The number of pyridine rings is 1. The molecule has 1 amide bonds. The standard InChI is InChI=1S/C17H13N7O3S/c18-16(25)13-7-5-10-8-9(4-6-12(10)20-13)11-2-1-3-14(28(19,26)27)15(11)17-21-23-24-22-17/h1-8H,(H2,18,25)(H2,19,26,27)(H,21,22,23,24). The van der Waals surface area contributed by atoms with Crippen LogP contribution in [0.25, 0.3) is 33.4 Å². The van der Waals surface area contributed by atoms with Crippen LogP contribution < -0.4 is 10.9 Å². The smallest absolute Gasteiger partial charge is 0.267 e. The number of nitrogens with one attached hydrogen (secondary N) is 1. The summed E-state index contributed by atoms with van der Waals surface area (Å²) in [4.78, 5) is 15.4. The van der Waals surface area contributed by atoms with Crippen molar-refractivity contribution in [3.05, 3.63) is 54.2 Å².